The highest BCUT2D eigenvalue weighted by Crippen LogP contribution is 2.32. The second-order valence-corrected chi connectivity index (χ2v) is 5.04. The normalized spacial score (nSPS) is 11.1. The third kappa shape index (κ3) is 2.00. The van der Waals surface area contributed by atoms with Crippen LogP contribution in [0, 0.1) is 0 Å². The maximum Gasteiger partial charge on any atom is 0.0988 e. The van der Waals surface area contributed by atoms with Crippen LogP contribution < -0.4 is 0 Å². The monoisotopic (exact) mass is 292 g/mol. The summed E-state index contributed by atoms with van der Waals surface area (Å²) in [6.07, 6.45) is 6.72. The quantitative estimate of drug-likeness (QED) is 0.499. The molecule has 4 rings (SSSR count). The zero-order chi connectivity index (χ0) is 14.2. The molecule has 0 unspecified atom stereocenters. The van der Waals surface area contributed by atoms with E-state index in [4.69, 9.17) is 11.6 Å². The van der Waals surface area contributed by atoms with E-state index in [1.807, 2.05) is 30.3 Å². The van der Waals surface area contributed by atoms with Crippen molar-refractivity contribution in [3.63, 3.8) is 0 Å². The summed E-state index contributed by atoms with van der Waals surface area (Å²) >= 11 is 5.98. The summed E-state index contributed by atoms with van der Waals surface area (Å²) in [5, 5.41) is 0.695. The van der Waals surface area contributed by atoms with Crippen molar-refractivity contribution < 1.29 is 0 Å². The molecule has 0 aliphatic carbocycles. The number of fused-ring (bicyclic) bond motifs is 2. The van der Waals surface area contributed by atoms with E-state index in [2.05, 4.69) is 19.9 Å². The number of hydrogen-bond acceptors (Lipinski definition) is 4. The van der Waals surface area contributed by atoms with E-state index in [0.29, 0.717) is 5.02 Å². The Balaban J connectivity index is 2.18. The van der Waals surface area contributed by atoms with Crippen LogP contribution in [-0.2, 0) is 0 Å². The molecule has 0 spiro atoms. The van der Waals surface area contributed by atoms with Gasteiger partial charge in [0.25, 0.3) is 0 Å². The van der Waals surface area contributed by atoms with E-state index >= 15 is 0 Å². The highest BCUT2D eigenvalue weighted by atomic mass is 35.5. The zero-order valence-electron chi connectivity index (χ0n) is 10.9. The zero-order valence-corrected chi connectivity index (χ0v) is 11.6. The Hall–Kier alpha value is -2.59. The van der Waals surface area contributed by atoms with Gasteiger partial charge in [0.2, 0.25) is 0 Å². The first-order valence-corrected chi connectivity index (χ1v) is 6.81. The first-order valence-electron chi connectivity index (χ1n) is 6.43. The molecule has 0 atom stereocenters. The molecule has 21 heavy (non-hydrogen) atoms. The van der Waals surface area contributed by atoms with Gasteiger partial charge in [-0.05, 0) is 23.8 Å². The lowest BCUT2D eigenvalue weighted by molar-refractivity contribution is 1.27. The summed E-state index contributed by atoms with van der Waals surface area (Å²) < 4.78 is 0. The molecule has 4 nitrogen and oxygen atoms in total. The summed E-state index contributed by atoms with van der Waals surface area (Å²) in [5.74, 6) is 0. The predicted molar refractivity (Wildman–Crippen MR) is 83.1 cm³/mol. The van der Waals surface area contributed by atoms with Crippen molar-refractivity contribution in [1.29, 1.82) is 0 Å². The molecule has 0 radical (unpaired) electrons. The lowest BCUT2D eigenvalue weighted by Gasteiger charge is -2.09. The smallest absolute Gasteiger partial charge is 0.0988 e. The molecule has 4 aromatic rings. The predicted octanol–water partition coefficient (Wildman–Crippen LogP) is 3.89. The minimum Gasteiger partial charge on any atom is -0.253 e. The summed E-state index contributed by atoms with van der Waals surface area (Å²) in [5.41, 5.74) is 5.16. The molecule has 0 aliphatic heterocycles. The van der Waals surface area contributed by atoms with Crippen molar-refractivity contribution in [3.8, 4) is 11.1 Å². The number of rotatable bonds is 1. The van der Waals surface area contributed by atoms with Crippen molar-refractivity contribution in [1.82, 2.24) is 19.9 Å². The minimum atomic E-state index is 0.695. The van der Waals surface area contributed by atoms with Crippen LogP contribution in [0.15, 0.2) is 55.1 Å². The van der Waals surface area contributed by atoms with Gasteiger partial charge in [-0.15, -0.1) is 0 Å². The van der Waals surface area contributed by atoms with Crippen LogP contribution >= 0.6 is 11.6 Å². The molecule has 2 aromatic carbocycles. The van der Waals surface area contributed by atoms with Gasteiger partial charge in [0.05, 0.1) is 22.1 Å². The molecule has 0 saturated carbocycles. The van der Waals surface area contributed by atoms with Crippen LogP contribution in [-0.4, -0.2) is 19.9 Å². The Kier molecular flexibility index (Phi) is 2.75. The van der Waals surface area contributed by atoms with Gasteiger partial charge in [0, 0.05) is 35.4 Å². The van der Waals surface area contributed by atoms with Gasteiger partial charge < -0.3 is 0 Å². The molecule has 2 heterocycles. The van der Waals surface area contributed by atoms with Gasteiger partial charge >= 0.3 is 0 Å². The van der Waals surface area contributed by atoms with E-state index in [-0.39, 0.29) is 0 Å². The Morgan fingerprint density at radius 2 is 1.19 bits per heavy atom. The van der Waals surface area contributed by atoms with Crippen LogP contribution in [0.1, 0.15) is 0 Å². The minimum absolute atomic E-state index is 0.695. The Labute approximate surface area is 125 Å². The SMILES string of the molecule is Clc1ccc(-c2c3nccnc3cc3nccnc23)cc1. The van der Waals surface area contributed by atoms with E-state index in [1.54, 1.807) is 24.8 Å². The molecule has 0 amide bonds. The fourth-order valence-corrected chi connectivity index (χ4v) is 2.55. The lowest BCUT2D eigenvalue weighted by Crippen LogP contribution is -1.93. The average molecular weight is 293 g/mol. The van der Waals surface area contributed by atoms with Gasteiger partial charge in [0.15, 0.2) is 0 Å². The fourth-order valence-electron chi connectivity index (χ4n) is 2.43. The van der Waals surface area contributed by atoms with Gasteiger partial charge in [-0.25, -0.2) is 0 Å². The van der Waals surface area contributed by atoms with Crippen LogP contribution in [0.4, 0.5) is 0 Å². The maximum atomic E-state index is 5.98. The second-order valence-electron chi connectivity index (χ2n) is 4.61. The highest BCUT2D eigenvalue weighted by molar-refractivity contribution is 6.30. The third-order valence-corrected chi connectivity index (χ3v) is 3.59. The Morgan fingerprint density at radius 3 is 1.76 bits per heavy atom. The number of benzene rings is 2. The Bertz CT molecular complexity index is 897. The van der Waals surface area contributed by atoms with Crippen molar-refractivity contribution in [3.05, 3.63) is 60.1 Å². The van der Waals surface area contributed by atoms with Gasteiger partial charge in [-0.3, -0.25) is 19.9 Å². The topological polar surface area (TPSA) is 51.6 Å². The lowest BCUT2D eigenvalue weighted by atomic mass is 10.0. The Morgan fingerprint density at radius 1 is 0.667 bits per heavy atom. The average Bonchev–Trinajstić information content (AvgIpc) is 2.53. The first kappa shape index (κ1) is 12.2. The molecule has 100 valence electrons. The molecular formula is C16H9ClN4. The molecular weight excluding hydrogens is 284 g/mol. The molecule has 0 bridgehead atoms. The molecule has 5 heteroatoms. The van der Waals surface area contributed by atoms with E-state index < -0.39 is 0 Å². The van der Waals surface area contributed by atoms with E-state index in [9.17, 15) is 0 Å². The number of hydrogen-bond donors (Lipinski definition) is 0. The standard InChI is InChI=1S/C16H9ClN4/c17-11-3-1-10(2-4-11)14-15-12(18-5-7-20-15)9-13-16(14)21-8-6-19-13/h1-9H. The number of halogens is 1. The van der Waals surface area contributed by atoms with E-state index in [0.717, 1.165) is 33.2 Å². The number of aromatic nitrogens is 4. The summed E-state index contributed by atoms with van der Waals surface area (Å²) in [7, 11) is 0. The summed E-state index contributed by atoms with van der Waals surface area (Å²) in [4.78, 5) is 17.7. The summed E-state index contributed by atoms with van der Waals surface area (Å²) in [6.45, 7) is 0. The van der Waals surface area contributed by atoms with Crippen molar-refractivity contribution in [2.45, 2.75) is 0 Å². The van der Waals surface area contributed by atoms with Crippen LogP contribution in [0.3, 0.4) is 0 Å². The van der Waals surface area contributed by atoms with E-state index in [1.165, 1.54) is 0 Å². The highest BCUT2D eigenvalue weighted by Gasteiger charge is 2.13. The molecule has 0 N–H and O–H groups in total. The van der Waals surface area contributed by atoms with Gasteiger partial charge in [-0.2, -0.15) is 0 Å². The third-order valence-electron chi connectivity index (χ3n) is 3.33. The molecule has 2 aromatic heterocycles. The summed E-state index contributed by atoms with van der Waals surface area (Å²) in [6, 6.07) is 9.53. The molecule has 0 fully saturated rings. The maximum absolute atomic E-state index is 5.98. The van der Waals surface area contributed by atoms with Gasteiger partial charge in [-0.1, -0.05) is 23.7 Å². The molecule has 0 saturated heterocycles. The molecule has 0 aliphatic rings. The fraction of sp³-hybridized carbons (Fsp3) is 0. The van der Waals surface area contributed by atoms with Crippen LogP contribution in [0.25, 0.3) is 33.2 Å². The van der Waals surface area contributed by atoms with Crippen molar-refractivity contribution >= 4 is 33.7 Å². The first-order chi connectivity index (χ1) is 10.3. The van der Waals surface area contributed by atoms with Crippen molar-refractivity contribution in [2.24, 2.45) is 0 Å². The largest absolute Gasteiger partial charge is 0.253 e. The number of nitrogens with zero attached hydrogens (tertiary/aromatic N) is 4. The van der Waals surface area contributed by atoms with Crippen LogP contribution in [0.2, 0.25) is 5.02 Å². The van der Waals surface area contributed by atoms with Gasteiger partial charge in [0.1, 0.15) is 0 Å². The van der Waals surface area contributed by atoms with Crippen LogP contribution in [0.5, 0.6) is 0 Å². The van der Waals surface area contributed by atoms with Crippen molar-refractivity contribution in [2.75, 3.05) is 0 Å². The second kappa shape index (κ2) is 4.75.